The van der Waals surface area contributed by atoms with Gasteiger partial charge in [0, 0.05) is 7.05 Å². The summed E-state index contributed by atoms with van der Waals surface area (Å²) in [6, 6.07) is 3.43. The molecule has 0 fully saturated rings. The fourth-order valence-corrected chi connectivity index (χ4v) is 1.17. The third-order valence-electron chi connectivity index (χ3n) is 1.73. The summed E-state index contributed by atoms with van der Waals surface area (Å²) >= 11 is 5.64. The van der Waals surface area contributed by atoms with Gasteiger partial charge in [0.05, 0.1) is 12.4 Å². The highest BCUT2D eigenvalue weighted by atomic mass is 35.5. The van der Waals surface area contributed by atoms with Gasteiger partial charge in [-0.15, -0.1) is 0 Å². The Morgan fingerprint density at radius 3 is 2.87 bits per heavy atom. The number of nitrogens with zero attached hydrogens (tertiary/aromatic N) is 4. The molecule has 0 saturated carbocycles. The number of hydrogen-bond donors (Lipinski definition) is 0. The number of ether oxygens (including phenoxy) is 1. The summed E-state index contributed by atoms with van der Waals surface area (Å²) in [5, 5.41) is 8.46. The van der Waals surface area contributed by atoms with E-state index in [9.17, 15) is 0 Å². The molecule has 0 spiro atoms. The fourth-order valence-electron chi connectivity index (χ4n) is 1.06. The molecule has 0 aliphatic carbocycles. The molecule has 5 nitrogen and oxygen atoms in total. The van der Waals surface area contributed by atoms with Gasteiger partial charge in [-0.3, -0.25) is 0 Å². The maximum absolute atomic E-state index is 5.64. The predicted molar refractivity (Wildman–Crippen MR) is 54.6 cm³/mol. The first-order valence-electron chi connectivity index (χ1n) is 4.33. The first-order chi connectivity index (χ1) is 7.24. The minimum atomic E-state index is 0.372. The number of aromatic nitrogens is 4. The minimum absolute atomic E-state index is 0.372. The van der Waals surface area contributed by atoms with Crippen LogP contribution in [0.2, 0.25) is 5.15 Å². The summed E-state index contributed by atoms with van der Waals surface area (Å²) in [5.41, 5.74) is 0.771. The van der Waals surface area contributed by atoms with Gasteiger partial charge >= 0.3 is 0 Å². The molecule has 0 N–H and O–H groups in total. The molecule has 0 bridgehead atoms. The Balaban J connectivity index is 1.96. The molecule has 15 heavy (non-hydrogen) atoms. The Morgan fingerprint density at radius 1 is 1.40 bits per heavy atom. The van der Waals surface area contributed by atoms with Gasteiger partial charge in [-0.1, -0.05) is 11.6 Å². The topological polar surface area (TPSA) is 52.8 Å². The van der Waals surface area contributed by atoms with Crippen LogP contribution in [0.5, 0.6) is 5.75 Å². The molecule has 78 valence electrons. The lowest BCUT2D eigenvalue weighted by molar-refractivity contribution is 0.299. The van der Waals surface area contributed by atoms with Crippen molar-refractivity contribution in [2.45, 2.75) is 6.61 Å². The molecule has 0 radical (unpaired) electrons. The van der Waals surface area contributed by atoms with Crippen LogP contribution in [-0.2, 0) is 13.7 Å². The van der Waals surface area contributed by atoms with Crippen LogP contribution in [0.1, 0.15) is 5.69 Å². The van der Waals surface area contributed by atoms with E-state index in [1.165, 1.54) is 4.80 Å². The standard InChI is InChI=1S/C9H9ClN4O/c1-14-12-4-7(13-14)6-15-8-2-3-9(10)11-5-8/h2-5H,6H2,1H3. The Labute approximate surface area is 91.7 Å². The quantitative estimate of drug-likeness (QED) is 0.741. The van der Waals surface area contributed by atoms with Crippen molar-refractivity contribution in [1.82, 2.24) is 20.0 Å². The summed E-state index contributed by atoms with van der Waals surface area (Å²) in [7, 11) is 1.76. The van der Waals surface area contributed by atoms with E-state index in [1.54, 1.807) is 31.6 Å². The lowest BCUT2D eigenvalue weighted by Gasteiger charge is -2.02. The molecule has 0 saturated heterocycles. The van der Waals surface area contributed by atoms with Crippen molar-refractivity contribution in [3.05, 3.63) is 35.4 Å². The van der Waals surface area contributed by atoms with Crippen LogP contribution in [0.25, 0.3) is 0 Å². The van der Waals surface area contributed by atoms with E-state index >= 15 is 0 Å². The normalized spacial score (nSPS) is 10.3. The lowest BCUT2D eigenvalue weighted by Crippen LogP contribution is -1.98. The van der Waals surface area contributed by atoms with Crippen LogP contribution in [-0.4, -0.2) is 20.0 Å². The Bertz CT molecular complexity index is 440. The maximum atomic E-state index is 5.64. The molecular weight excluding hydrogens is 216 g/mol. The van der Waals surface area contributed by atoms with Crippen LogP contribution >= 0.6 is 11.6 Å². The van der Waals surface area contributed by atoms with Gasteiger partial charge in [0.2, 0.25) is 0 Å². The zero-order chi connectivity index (χ0) is 10.7. The molecule has 0 aromatic carbocycles. The molecule has 2 aromatic rings. The first-order valence-corrected chi connectivity index (χ1v) is 4.71. The van der Waals surface area contributed by atoms with E-state index in [2.05, 4.69) is 15.2 Å². The molecule has 2 aromatic heterocycles. The minimum Gasteiger partial charge on any atom is -0.486 e. The van der Waals surface area contributed by atoms with E-state index in [0.29, 0.717) is 17.5 Å². The molecular formula is C9H9ClN4O. The van der Waals surface area contributed by atoms with Gasteiger partial charge in [-0.25, -0.2) is 4.98 Å². The second-order valence-corrected chi connectivity index (χ2v) is 3.32. The summed E-state index contributed by atoms with van der Waals surface area (Å²) < 4.78 is 5.42. The van der Waals surface area contributed by atoms with Gasteiger partial charge in [0.25, 0.3) is 0 Å². The monoisotopic (exact) mass is 224 g/mol. The Kier molecular flexibility index (Phi) is 2.82. The van der Waals surface area contributed by atoms with Crippen LogP contribution in [0.15, 0.2) is 24.5 Å². The van der Waals surface area contributed by atoms with Gasteiger partial charge in [0.15, 0.2) is 0 Å². The van der Waals surface area contributed by atoms with Crippen molar-refractivity contribution in [3.63, 3.8) is 0 Å². The second kappa shape index (κ2) is 4.27. The third-order valence-corrected chi connectivity index (χ3v) is 1.96. The number of pyridine rings is 1. The summed E-state index contributed by atoms with van der Waals surface area (Å²) in [4.78, 5) is 5.38. The molecule has 0 atom stereocenters. The van der Waals surface area contributed by atoms with Crippen molar-refractivity contribution >= 4 is 11.6 Å². The fraction of sp³-hybridized carbons (Fsp3) is 0.222. The average molecular weight is 225 g/mol. The molecule has 0 amide bonds. The van der Waals surface area contributed by atoms with Gasteiger partial charge in [-0.2, -0.15) is 15.0 Å². The summed E-state index contributed by atoms with van der Waals surface area (Å²) in [5.74, 6) is 0.657. The number of aryl methyl sites for hydroxylation is 1. The van der Waals surface area contributed by atoms with Gasteiger partial charge in [0.1, 0.15) is 23.2 Å². The van der Waals surface area contributed by atoms with E-state index in [-0.39, 0.29) is 0 Å². The van der Waals surface area contributed by atoms with Gasteiger partial charge in [-0.05, 0) is 12.1 Å². The molecule has 6 heteroatoms. The Morgan fingerprint density at radius 2 is 2.27 bits per heavy atom. The highest BCUT2D eigenvalue weighted by Crippen LogP contribution is 2.13. The smallest absolute Gasteiger partial charge is 0.138 e. The van der Waals surface area contributed by atoms with Crippen molar-refractivity contribution in [3.8, 4) is 5.75 Å². The Hall–Kier alpha value is -1.62. The van der Waals surface area contributed by atoms with Crippen LogP contribution in [0.3, 0.4) is 0 Å². The van der Waals surface area contributed by atoms with Crippen molar-refractivity contribution < 1.29 is 4.74 Å². The molecule has 0 aliphatic heterocycles. The van der Waals surface area contributed by atoms with Crippen molar-refractivity contribution in [2.24, 2.45) is 7.05 Å². The second-order valence-electron chi connectivity index (χ2n) is 2.93. The molecule has 0 aliphatic rings. The number of halogens is 1. The van der Waals surface area contributed by atoms with Gasteiger partial charge < -0.3 is 4.74 Å². The SMILES string of the molecule is Cn1ncc(COc2ccc(Cl)nc2)n1. The largest absolute Gasteiger partial charge is 0.486 e. The first kappa shape index (κ1) is 9.92. The van der Waals surface area contributed by atoms with Crippen molar-refractivity contribution in [1.29, 1.82) is 0 Å². The zero-order valence-electron chi connectivity index (χ0n) is 8.09. The average Bonchev–Trinajstić information content (AvgIpc) is 2.64. The molecule has 2 heterocycles. The highest BCUT2D eigenvalue weighted by molar-refractivity contribution is 6.29. The lowest BCUT2D eigenvalue weighted by atomic mass is 10.4. The summed E-state index contributed by atoms with van der Waals surface area (Å²) in [6.07, 6.45) is 3.22. The van der Waals surface area contributed by atoms with Crippen molar-refractivity contribution in [2.75, 3.05) is 0 Å². The molecule has 2 rings (SSSR count). The number of hydrogen-bond acceptors (Lipinski definition) is 4. The van der Waals surface area contributed by atoms with Crippen LogP contribution < -0.4 is 4.74 Å². The van der Waals surface area contributed by atoms with Crippen LogP contribution in [0, 0.1) is 0 Å². The maximum Gasteiger partial charge on any atom is 0.138 e. The third kappa shape index (κ3) is 2.66. The van der Waals surface area contributed by atoms with E-state index in [0.717, 1.165) is 5.69 Å². The highest BCUT2D eigenvalue weighted by Gasteiger charge is 1.99. The molecule has 0 unspecified atom stereocenters. The predicted octanol–water partition coefficient (Wildman–Crippen LogP) is 1.44. The number of rotatable bonds is 3. The zero-order valence-corrected chi connectivity index (χ0v) is 8.85. The van der Waals surface area contributed by atoms with E-state index in [1.807, 2.05) is 0 Å². The van der Waals surface area contributed by atoms with Crippen LogP contribution in [0.4, 0.5) is 0 Å². The summed E-state index contributed by atoms with van der Waals surface area (Å²) in [6.45, 7) is 0.372. The van der Waals surface area contributed by atoms with E-state index < -0.39 is 0 Å². The van der Waals surface area contributed by atoms with E-state index in [4.69, 9.17) is 16.3 Å².